The molecule has 4 rings (SSSR count). The van der Waals surface area contributed by atoms with Crippen molar-refractivity contribution in [2.45, 2.75) is 135 Å². The maximum absolute atomic E-state index is 13.2. The summed E-state index contributed by atoms with van der Waals surface area (Å²) >= 11 is 0. The average Bonchev–Trinajstić information content (AvgIpc) is 3.43. The standard InChI is InChI=1S/C37H54O14/c1-20(5-11-31(44)48-4)23-6-7-24-35-25(19-27(37(23,24)3)51-34(47)14-10-30(42)43)36(2)16-15-22(49-32(45)12-8-28(38)39)17-21(36)18-26(35)50-33(46)13-9-29(40)41/h20-27,35H,5-19H2,1-4H3,(H,38,39)(H,40,41)(H,42,43)/t20-,21-,22+,23+,24-,25-,26-,27-,35-,36+,37+/m1/s1. The lowest BCUT2D eigenvalue weighted by Crippen LogP contribution is -2.63. The van der Waals surface area contributed by atoms with Gasteiger partial charge in [-0.1, -0.05) is 20.8 Å². The molecular formula is C37H54O14. The van der Waals surface area contributed by atoms with Gasteiger partial charge in [-0.2, -0.15) is 0 Å². The van der Waals surface area contributed by atoms with Crippen LogP contribution in [0, 0.1) is 46.3 Å². The second-order valence-electron chi connectivity index (χ2n) is 15.7. The highest BCUT2D eigenvalue weighted by Crippen LogP contribution is 2.69. The van der Waals surface area contributed by atoms with Gasteiger partial charge in [0.05, 0.1) is 45.6 Å². The Balaban J connectivity index is 1.69. The number of fused-ring (bicyclic) bond motifs is 5. The topological polar surface area (TPSA) is 217 Å². The number of hydrogen-bond donors (Lipinski definition) is 3. The quantitative estimate of drug-likeness (QED) is 0.144. The number of carboxylic acid groups (broad SMARTS) is 3. The van der Waals surface area contributed by atoms with Crippen LogP contribution in [-0.4, -0.2) is 82.5 Å². The molecule has 0 spiro atoms. The van der Waals surface area contributed by atoms with E-state index in [4.69, 9.17) is 24.1 Å². The van der Waals surface area contributed by atoms with Crippen LogP contribution in [-0.2, 0) is 52.5 Å². The predicted octanol–water partition coefficient (Wildman–Crippen LogP) is 4.78. The van der Waals surface area contributed by atoms with E-state index < -0.39 is 59.5 Å². The third-order valence-electron chi connectivity index (χ3n) is 13.0. The van der Waals surface area contributed by atoms with Gasteiger partial charge < -0.3 is 34.3 Å². The SMILES string of the molecule is COC(=O)CC[C@@H](C)[C@@H]1CC[C@@H]2[C@@H]3[C@@H](C[C@@H](OC(=O)CCC(=O)O)[C@]21C)[C@@]1(C)CC[C@H](OC(=O)CCC(=O)O)C[C@@H]1C[C@H]3OC(=O)CCC(=O)O. The highest BCUT2D eigenvalue weighted by Gasteiger charge is 2.67. The van der Waals surface area contributed by atoms with Crippen LogP contribution in [0.2, 0.25) is 0 Å². The lowest BCUT2D eigenvalue weighted by atomic mass is 9.43. The number of ether oxygens (including phenoxy) is 4. The summed E-state index contributed by atoms with van der Waals surface area (Å²) in [5.74, 6) is -5.74. The first kappa shape index (κ1) is 40.1. The van der Waals surface area contributed by atoms with E-state index in [-0.39, 0.29) is 91.8 Å². The van der Waals surface area contributed by atoms with Crippen molar-refractivity contribution in [3.63, 3.8) is 0 Å². The molecule has 4 fully saturated rings. The van der Waals surface area contributed by atoms with Crippen LogP contribution in [0.4, 0.5) is 0 Å². The van der Waals surface area contributed by atoms with E-state index >= 15 is 0 Å². The van der Waals surface area contributed by atoms with E-state index in [0.717, 1.165) is 12.8 Å². The highest BCUT2D eigenvalue weighted by atomic mass is 16.6. The zero-order valence-electron chi connectivity index (χ0n) is 30.1. The summed E-state index contributed by atoms with van der Waals surface area (Å²) in [5, 5.41) is 27.5. The van der Waals surface area contributed by atoms with Gasteiger partial charge in [0.25, 0.3) is 0 Å². The third-order valence-corrected chi connectivity index (χ3v) is 13.0. The van der Waals surface area contributed by atoms with E-state index in [2.05, 4.69) is 20.8 Å². The first-order valence-electron chi connectivity index (χ1n) is 18.3. The molecule has 0 unspecified atom stereocenters. The van der Waals surface area contributed by atoms with Gasteiger partial charge in [-0.25, -0.2) is 0 Å². The van der Waals surface area contributed by atoms with Crippen molar-refractivity contribution in [2.75, 3.05) is 7.11 Å². The van der Waals surface area contributed by atoms with Crippen LogP contribution >= 0.6 is 0 Å². The van der Waals surface area contributed by atoms with Crippen LogP contribution in [0.25, 0.3) is 0 Å². The van der Waals surface area contributed by atoms with E-state index in [1.807, 2.05) is 0 Å². The minimum absolute atomic E-state index is 0.0280. The van der Waals surface area contributed by atoms with Crippen LogP contribution in [0.15, 0.2) is 0 Å². The summed E-state index contributed by atoms with van der Waals surface area (Å²) in [6, 6.07) is 0. The summed E-state index contributed by atoms with van der Waals surface area (Å²) < 4.78 is 23.1. The molecule has 0 aromatic carbocycles. The maximum atomic E-state index is 13.2. The van der Waals surface area contributed by atoms with Gasteiger partial charge in [0.15, 0.2) is 0 Å². The van der Waals surface area contributed by atoms with Crippen LogP contribution in [0.1, 0.15) is 117 Å². The third kappa shape index (κ3) is 9.21. The van der Waals surface area contributed by atoms with Crippen LogP contribution < -0.4 is 0 Å². The Morgan fingerprint density at radius 3 is 1.80 bits per heavy atom. The van der Waals surface area contributed by atoms with Crippen molar-refractivity contribution in [1.29, 1.82) is 0 Å². The fraction of sp³-hybridized carbons (Fsp3) is 0.811. The number of methoxy groups -OCH3 is 1. The normalized spacial score (nSPS) is 34.4. The molecule has 0 amide bonds. The molecule has 0 radical (unpaired) electrons. The number of hydrogen-bond acceptors (Lipinski definition) is 11. The Morgan fingerprint density at radius 1 is 0.667 bits per heavy atom. The smallest absolute Gasteiger partial charge is 0.306 e. The first-order valence-corrected chi connectivity index (χ1v) is 18.3. The van der Waals surface area contributed by atoms with Crippen LogP contribution in [0.3, 0.4) is 0 Å². The van der Waals surface area contributed by atoms with Gasteiger partial charge >= 0.3 is 41.8 Å². The number of rotatable bonds is 16. The Hall–Kier alpha value is -3.71. The molecule has 14 heteroatoms. The fourth-order valence-corrected chi connectivity index (χ4v) is 10.4. The van der Waals surface area contributed by atoms with E-state index in [1.54, 1.807) is 0 Å². The van der Waals surface area contributed by atoms with Crippen molar-refractivity contribution in [3.8, 4) is 0 Å². The van der Waals surface area contributed by atoms with E-state index in [1.165, 1.54) is 7.11 Å². The minimum atomic E-state index is -1.11. The molecule has 286 valence electrons. The van der Waals surface area contributed by atoms with Crippen LogP contribution in [0.5, 0.6) is 0 Å². The van der Waals surface area contributed by atoms with Gasteiger partial charge in [0, 0.05) is 17.8 Å². The number of carbonyl (C=O) groups is 7. The summed E-state index contributed by atoms with van der Waals surface area (Å²) in [6.45, 7) is 6.38. The summed E-state index contributed by atoms with van der Waals surface area (Å²) in [7, 11) is 1.35. The number of aliphatic carboxylic acids is 3. The van der Waals surface area contributed by atoms with Crippen molar-refractivity contribution in [3.05, 3.63) is 0 Å². The van der Waals surface area contributed by atoms with Gasteiger partial charge in [-0.15, -0.1) is 0 Å². The van der Waals surface area contributed by atoms with Crippen molar-refractivity contribution < 1.29 is 67.8 Å². The minimum Gasteiger partial charge on any atom is -0.481 e. The van der Waals surface area contributed by atoms with E-state index in [0.29, 0.717) is 38.5 Å². The Bertz CT molecular complexity index is 1340. The van der Waals surface area contributed by atoms with Crippen molar-refractivity contribution >= 4 is 41.8 Å². The molecule has 51 heavy (non-hydrogen) atoms. The average molecular weight is 723 g/mol. The second-order valence-corrected chi connectivity index (χ2v) is 15.7. The molecule has 0 aliphatic heterocycles. The zero-order valence-corrected chi connectivity index (χ0v) is 30.1. The zero-order chi connectivity index (χ0) is 37.7. The molecule has 0 heterocycles. The summed E-state index contributed by atoms with van der Waals surface area (Å²) in [4.78, 5) is 84.6. The van der Waals surface area contributed by atoms with Gasteiger partial charge in [-0.3, -0.25) is 33.6 Å². The number of carboxylic acids is 3. The summed E-state index contributed by atoms with van der Waals surface area (Å²) in [5.41, 5.74) is -0.929. The lowest BCUT2D eigenvalue weighted by Gasteiger charge is -2.64. The molecule has 4 saturated carbocycles. The van der Waals surface area contributed by atoms with Crippen molar-refractivity contribution in [1.82, 2.24) is 0 Å². The molecule has 4 aliphatic rings. The molecule has 11 atom stereocenters. The maximum Gasteiger partial charge on any atom is 0.306 e. The first-order chi connectivity index (χ1) is 24.0. The monoisotopic (exact) mass is 722 g/mol. The van der Waals surface area contributed by atoms with Gasteiger partial charge in [0.1, 0.15) is 18.3 Å². The molecule has 14 nitrogen and oxygen atoms in total. The van der Waals surface area contributed by atoms with E-state index in [9.17, 15) is 43.8 Å². The van der Waals surface area contributed by atoms with Crippen molar-refractivity contribution in [2.24, 2.45) is 46.3 Å². The fourth-order valence-electron chi connectivity index (χ4n) is 10.4. The molecule has 0 aromatic heterocycles. The Morgan fingerprint density at radius 2 is 1.24 bits per heavy atom. The molecule has 0 bridgehead atoms. The van der Waals surface area contributed by atoms with Gasteiger partial charge in [0.2, 0.25) is 0 Å². The van der Waals surface area contributed by atoms with Gasteiger partial charge in [-0.05, 0) is 86.4 Å². The summed E-state index contributed by atoms with van der Waals surface area (Å²) in [6.07, 6.45) is 1.45. The second kappa shape index (κ2) is 16.8. The molecular weight excluding hydrogens is 668 g/mol. The molecule has 3 N–H and O–H groups in total. The molecule has 0 saturated heterocycles. The number of carbonyl (C=O) groups excluding carboxylic acids is 4. The predicted molar refractivity (Wildman–Crippen MR) is 177 cm³/mol. The highest BCUT2D eigenvalue weighted by molar-refractivity contribution is 5.78. The molecule has 4 aliphatic carbocycles. The number of esters is 4. The lowest BCUT2D eigenvalue weighted by molar-refractivity contribution is -0.226. The largest absolute Gasteiger partial charge is 0.481 e. The molecule has 0 aromatic rings. The Labute approximate surface area is 298 Å². The Kier molecular flexibility index (Phi) is 13.2.